The van der Waals surface area contributed by atoms with Gasteiger partial charge >= 0.3 is 0 Å². The molecule has 1 aliphatic heterocycles. The first-order chi connectivity index (χ1) is 14.5. The van der Waals surface area contributed by atoms with Crippen molar-refractivity contribution in [2.75, 3.05) is 31.5 Å². The van der Waals surface area contributed by atoms with Gasteiger partial charge < -0.3 is 15.5 Å². The van der Waals surface area contributed by atoms with Crippen molar-refractivity contribution in [2.45, 2.75) is 25.2 Å². The molecule has 30 heavy (non-hydrogen) atoms. The Morgan fingerprint density at radius 2 is 1.97 bits per heavy atom. The fourth-order valence-electron chi connectivity index (χ4n) is 3.28. The molecular formula is C23H27FN3O2S+. The van der Waals surface area contributed by atoms with Gasteiger partial charge in [0.25, 0.3) is 11.8 Å². The zero-order chi connectivity index (χ0) is 21.5. The highest BCUT2D eigenvalue weighted by atomic mass is 32.2. The number of benzene rings is 2. The van der Waals surface area contributed by atoms with Crippen molar-refractivity contribution in [3.8, 4) is 0 Å². The summed E-state index contributed by atoms with van der Waals surface area (Å²) in [5, 5.41) is 5.75. The molecule has 7 heteroatoms. The van der Waals surface area contributed by atoms with Crippen molar-refractivity contribution in [3.63, 3.8) is 0 Å². The van der Waals surface area contributed by atoms with E-state index >= 15 is 0 Å². The normalized spacial score (nSPS) is 14.5. The van der Waals surface area contributed by atoms with Crippen LogP contribution in [0.2, 0.25) is 0 Å². The van der Waals surface area contributed by atoms with Gasteiger partial charge in [0.2, 0.25) is 0 Å². The fourth-order valence-corrected chi connectivity index (χ4v) is 4.20. The Balaban J connectivity index is 1.64. The monoisotopic (exact) mass is 428 g/mol. The minimum atomic E-state index is -0.376. The number of amides is 2. The van der Waals surface area contributed by atoms with Gasteiger partial charge in [0.05, 0.1) is 30.2 Å². The van der Waals surface area contributed by atoms with Crippen LogP contribution in [0.15, 0.2) is 52.3 Å². The molecule has 0 bridgehead atoms. The van der Waals surface area contributed by atoms with Gasteiger partial charge in [-0.15, -0.1) is 0 Å². The molecule has 0 saturated carbocycles. The molecule has 0 saturated heterocycles. The van der Waals surface area contributed by atoms with E-state index in [-0.39, 0.29) is 17.6 Å². The maximum atomic E-state index is 13.9. The number of anilines is 1. The maximum Gasteiger partial charge on any atom is 0.262 e. The molecule has 5 nitrogen and oxygen atoms in total. The van der Waals surface area contributed by atoms with Gasteiger partial charge in [-0.3, -0.25) is 9.59 Å². The predicted octanol–water partition coefficient (Wildman–Crippen LogP) is 2.96. The summed E-state index contributed by atoms with van der Waals surface area (Å²) in [6, 6.07) is 11.6. The van der Waals surface area contributed by atoms with Crippen LogP contribution in [0, 0.1) is 5.82 Å². The van der Waals surface area contributed by atoms with Gasteiger partial charge in [-0.25, -0.2) is 4.39 Å². The van der Waals surface area contributed by atoms with Crippen molar-refractivity contribution in [1.29, 1.82) is 0 Å². The fraction of sp³-hybridized carbons (Fsp3) is 0.304. The number of carbonyl (C=O) groups is 2. The number of thioether (sulfide) groups is 1. The molecule has 1 heterocycles. The molecule has 0 spiro atoms. The number of quaternary nitrogens is 1. The van der Waals surface area contributed by atoms with Crippen molar-refractivity contribution >= 4 is 35.3 Å². The van der Waals surface area contributed by atoms with Crippen LogP contribution in [0.1, 0.15) is 36.2 Å². The smallest absolute Gasteiger partial charge is 0.262 e. The molecule has 0 fully saturated rings. The first kappa shape index (κ1) is 22.1. The Morgan fingerprint density at radius 3 is 2.70 bits per heavy atom. The van der Waals surface area contributed by atoms with Gasteiger partial charge in [-0.1, -0.05) is 30.0 Å². The predicted molar refractivity (Wildman–Crippen MR) is 119 cm³/mol. The second-order valence-corrected chi connectivity index (χ2v) is 8.20. The lowest BCUT2D eigenvalue weighted by molar-refractivity contribution is -0.896. The Hall–Kier alpha value is -2.64. The Bertz CT molecular complexity index is 957. The average Bonchev–Trinajstić information content (AvgIpc) is 2.75. The summed E-state index contributed by atoms with van der Waals surface area (Å²) < 4.78 is 13.9. The van der Waals surface area contributed by atoms with Gasteiger partial charge in [-0.05, 0) is 44.2 Å². The van der Waals surface area contributed by atoms with Crippen molar-refractivity contribution in [2.24, 2.45) is 0 Å². The Labute approximate surface area is 180 Å². The first-order valence-electron chi connectivity index (χ1n) is 10.2. The van der Waals surface area contributed by atoms with Crippen LogP contribution >= 0.6 is 11.8 Å². The zero-order valence-corrected chi connectivity index (χ0v) is 18.1. The minimum absolute atomic E-state index is 0.153. The number of rotatable bonds is 8. The molecule has 0 aromatic heterocycles. The van der Waals surface area contributed by atoms with Crippen LogP contribution in [0.25, 0.3) is 6.08 Å². The third-order valence-electron chi connectivity index (χ3n) is 5.12. The van der Waals surface area contributed by atoms with Crippen LogP contribution in [0.4, 0.5) is 10.1 Å². The molecule has 158 valence electrons. The number of hydrogen-bond acceptors (Lipinski definition) is 3. The minimum Gasteiger partial charge on any atom is -0.352 e. The van der Waals surface area contributed by atoms with E-state index in [1.54, 1.807) is 30.3 Å². The number of nitrogens with one attached hydrogen (secondary N) is 3. The zero-order valence-electron chi connectivity index (χ0n) is 17.3. The van der Waals surface area contributed by atoms with E-state index in [9.17, 15) is 14.0 Å². The summed E-state index contributed by atoms with van der Waals surface area (Å²) >= 11 is 1.27. The lowest BCUT2D eigenvalue weighted by Crippen LogP contribution is -3.11. The number of fused-ring (bicyclic) bond motifs is 1. The highest BCUT2D eigenvalue weighted by Gasteiger charge is 2.22. The van der Waals surface area contributed by atoms with E-state index in [4.69, 9.17) is 0 Å². The Kier molecular flexibility index (Phi) is 7.65. The van der Waals surface area contributed by atoms with Gasteiger partial charge in [-0.2, -0.15) is 0 Å². The number of hydrogen-bond donors (Lipinski definition) is 3. The van der Waals surface area contributed by atoms with E-state index in [1.165, 1.54) is 28.8 Å². The molecule has 2 amide bonds. The van der Waals surface area contributed by atoms with E-state index in [2.05, 4.69) is 24.5 Å². The van der Waals surface area contributed by atoms with Crippen molar-refractivity contribution in [3.05, 3.63) is 64.3 Å². The number of halogens is 1. The molecule has 3 rings (SSSR count). The lowest BCUT2D eigenvalue weighted by atomic mass is 10.1. The molecule has 2 aromatic carbocycles. The van der Waals surface area contributed by atoms with Gasteiger partial charge in [0, 0.05) is 29.0 Å². The SMILES string of the molecule is CC[NH+](CC)CCCNC(=O)c1ccc2c(c1)NC(=O)C(=Cc1ccccc1F)S2. The topological polar surface area (TPSA) is 62.6 Å². The highest BCUT2D eigenvalue weighted by Crippen LogP contribution is 2.39. The highest BCUT2D eigenvalue weighted by molar-refractivity contribution is 8.04. The largest absolute Gasteiger partial charge is 0.352 e. The van der Waals surface area contributed by atoms with E-state index in [1.807, 2.05) is 6.07 Å². The summed E-state index contributed by atoms with van der Waals surface area (Å²) in [4.78, 5) is 27.6. The van der Waals surface area contributed by atoms with Gasteiger partial charge in [0.15, 0.2) is 0 Å². The standard InChI is InChI=1S/C23H26FN3O2S/c1-3-27(4-2)13-7-12-25-22(28)17-10-11-20-19(14-17)26-23(29)21(30-20)15-16-8-5-6-9-18(16)24/h5-6,8-11,14-15H,3-4,7,12-13H2,1-2H3,(H,25,28)(H,26,29)/p+1. The molecule has 0 unspecified atom stereocenters. The van der Waals surface area contributed by atoms with Gasteiger partial charge in [0.1, 0.15) is 5.82 Å². The molecular weight excluding hydrogens is 401 g/mol. The third kappa shape index (κ3) is 5.49. The third-order valence-corrected chi connectivity index (χ3v) is 6.22. The molecule has 2 aromatic rings. The quantitative estimate of drug-likeness (QED) is 0.448. The second-order valence-electron chi connectivity index (χ2n) is 7.11. The van der Waals surface area contributed by atoms with Crippen molar-refractivity contribution < 1.29 is 18.9 Å². The van der Waals surface area contributed by atoms with Crippen LogP contribution in [-0.2, 0) is 4.79 Å². The molecule has 0 aliphatic carbocycles. The summed E-state index contributed by atoms with van der Waals surface area (Å²) in [5.74, 6) is -0.839. The second kappa shape index (κ2) is 10.4. The maximum absolute atomic E-state index is 13.9. The van der Waals surface area contributed by atoms with E-state index in [0.29, 0.717) is 28.3 Å². The molecule has 0 atom stereocenters. The molecule has 3 N–H and O–H groups in total. The summed E-state index contributed by atoms with van der Waals surface area (Å²) in [6.07, 6.45) is 2.46. The van der Waals surface area contributed by atoms with Crippen LogP contribution in [-0.4, -0.2) is 38.0 Å². The van der Waals surface area contributed by atoms with Crippen molar-refractivity contribution in [1.82, 2.24) is 5.32 Å². The summed E-state index contributed by atoms with van der Waals surface area (Å²) in [7, 11) is 0. The van der Waals surface area contributed by atoms with E-state index in [0.717, 1.165) is 31.0 Å². The average molecular weight is 429 g/mol. The van der Waals surface area contributed by atoms with Crippen LogP contribution < -0.4 is 15.5 Å². The van der Waals surface area contributed by atoms with Crippen LogP contribution in [0.3, 0.4) is 0 Å². The molecule has 0 radical (unpaired) electrons. The van der Waals surface area contributed by atoms with Crippen LogP contribution in [0.5, 0.6) is 0 Å². The molecule has 1 aliphatic rings. The summed E-state index contributed by atoms with van der Waals surface area (Å²) in [6.45, 7) is 8.14. The summed E-state index contributed by atoms with van der Waals surface area (Å²) in [5.41, 5.74) is 1.46. The lowest BCUT2D eigenvalue weighted by Gasteiger charge is -2.19. The van der Waals surface area contributed by atoms with E-state index < -0.39 is 0 Å². The first-order valence-corrected chi connectivity index (χ1v) is 11.0. The Morgan fingerprint density at radius 1 is 1.20 bits per heavy atom. The number of carbonyl (C=O) groups excluding carboxylic acids is 2.